The quantitative estimate of drug-likeness (QED) is 0.388. The number of carbonyl (C=O) groups excluding carboxylic acids is 3. The molecule has 0 aliphatic carbocycles. The molecule has 2 rings (SSSR count). The summed E-state index contributed by atoms with van der Waals surface area (Å²) in [5.41, 5.74) is 0.928. The Morgan fingerprint density at radius 1 is 1.19 bits per heavy atom. The van der Waals surface area contributed by atoms with Crippen LogP contribution in [0.5, 0.6) is 0 Å². The van der Waals surface area contributed by atoms with Crippen LogP contribution in [0.4, 0.5) is 0 Å². The maximum Gasteiger partial charge on any atom is 0.329 e. The second kappa shape index (κ2) is 10.7. The van der Waals surface area contributed by atoms with Crippen LogP contribution in [0.25, 0.3) is 0 Å². The lowest BCUT2D eigenvalue weighted by Crippen LogP contribution is -2.58. The van der Waals surface area contributed by atoms with Crippen molar-refractivity contribution in [2.45, 2.75) is 64.5 Å². The first kappa shape index (κ1) is 20.9. The van der Waals surface area contributed by atoms with Crippen molar-refractivity contribution in [3.8, 4) is 0 Å². The zero-order chi connectivity index (χ0) is 19.6. The normalized spacial score (nSPS) is 16.6. The fraction of sp³-hybridized carbons (Fsp3) is 0.571. The van der Waals surface area contributed by atoms with E-state index in [2.05, 4.69) is 12.2 Å². The Labute approximate surface area is 161 Å². The van der Waals surface area contributed by atoms with Gasteiger partial charge in [0, 0.05) is 19.5 Å². The largest absolute Gasteiger partial charge is 0.461 e. The molecule has 1 aromatic rings. The van der Waals surface area contributed by atoms with E-state index in [1.165, 1.54) is 4.90 Å². The lowest BCUT2D eigenvalue weighted by atomic mass is 10.0. The number of piperazine rings is 1. The maximum absolute atomic E-state index is 13.0. The van der Waals surface area contributed by atoms with Crippen molar-refractivity contribution in [3.63, 3.8) is 0 Å². The third-order valence-corrected chi connectivity index (χ3v) is 4.88. The molecule has 6 heteroatoms. The van der Waals surface area contributed by atoms with E-state index in [1.54, 1.807) is 0 Å². The van der Waals surface area contributed by atoms with Crippen LogP contribution in [-0.2, 0) is 25.5 Å². The first-order valence-electron chi connectivity index (χ1n) is 9.90. The van der Waals surface area contributed by atoms with Gasteiger partial charge in [-0.2, -0.15) is 0 Å². The van der Waals surface area contributed by atoms with Crippen molar-refractivity contribution in [1.82, 2.24) is 10.2 Å². The fourth-order valence-electron chi connectivity index (χ4n) is 3.26. The van der Waals surface area contributed by atoms with Crippen LogP contribution in [0.2, 0.25) is 0 Å². The van der Waals surface area contributed by atoms with Crippen LogP contribution < -0.4 is 5.32 Å². The molecule has 2 amide bonds. The van der Waals surface area contributed by atoms with Crippen LogP contribution in [-0.4, -0.2) is 47.9 Å². The van der Waals surface area contributed by atoms with Gasteiger partial charge in [0.15, 0.2) is 0 Å². The molecule has 0 bridgehead atoms. The molecule has 1 saturated heterocycles. The predicted molar refractivity (Wildman–Crippen MR) is 103 cm³/mol. The Bertz CT molecular complexity index is 632. The van der Waals surface area contributed by atoms with Gasteiger partial charge in [-0.15, -0.1) is 0 Å². The van der Waals surface area contributed by atoms with Crippen molar-refractivity contribution in [2.24, 2.45) is 0 Å². The number of benzene rings is 1. The van der Waals surface area contributed by atoms with Crippen LogP contribution in [0.1, 0.15) is 51.5 Å². The number of carbonyl (C=O) groups is 3. The standard InChI is InChI=1S/C21H30N2O4/c1-3-5-7-12-17(4-2)27-21(26)18(15-16-10-8-6-9-11-16)23-14-13-22-19(24)20(23)25/h6,8-11,17-18H,3-5,7,12-15H2,1-2H3,(H,22,24). The van der Waals surface area contributed by atoms with E-state index in [4.69, 9.17) is 4.74 Å². The average Bonchev–Trinajstić information content (AvgIpc) is 2.68. The molecule has 1 heterocycles. The molecule has 1 fully saturated rings. The molecular formula is C21H30N2O4. The molecule has 1 aromatic carbocycles. The molecule has 0 spiro atoms. The van der Waals surface area contributed by atoms with E-state index in [9.17, 15) is 14.4 Å². The summed E-state index contributed by atoms with van der Waals surface area (Å²) in [5.74, 6) is -1.76. The van der Waals surface area contributed by atoms with Crippen molar-refractivity contribution >= 4 is 17.8 Å². The van der Waals surface area contributed by atoms with Crippen molar-refractivity contribution < 1.29 is 19.1 Å². The Morgan fingerprint density at radius 2 is 1.93 bits per heavy atom. The predicted octanol–water partition coefficient (Wildman–Crippen LogP) is 2.46. The van der Waals surface area contributed by atoms with Crippen LogP contribution in [0.3, 0.4) is 0 Å². The molecule has 6 nitrogen and oxygen atoms in total. The molecule has 148 valence electrons. The zero-order valence-corrected chi connectivity index (χ0v) is 16.3. The lowest BCUT2D eigenvalue weighted by Gasteiger charge is -2.33. The number of esters is 1. The van der Waals surface area contributed by atoms with E-state index >= 15 is 0 Å². The molecular weight excluding hydrogens is 344 g/mol. The lowest BCUT2D eigenvalue weighted by molar-refractivity contribution is -0.163. The second-order valence-corrected chi connectivity index (χ2v) is 6.92. The summed E-state index contributed by atoms with van der Waals surface area (Å²) in [7, 11) is 0. The van der Waals surface area contributed by atoms with E-state index in [1.807, 2.05) is 37.3 Å². The first-order valence-corrected chi connectivity index (χ1v) is 9.90. The highest BCUT2D eigenvalue weighted by atomic mass is 16.5. The van der Waals surface area contributed by atoms with Crippen LogP contribution in [0.15, 0.2) is 30.3 Å². The molecule has 1 aliphatic heterocycles. The van der Waals surface area contributed by atoms with Gasteiger partial charge in [0.2, 0.25) is 0 Å². The van der Waals surface area contributed by atoms with E-state index in [0.717, 1.165) is 37.7 Å². The summed E-state index contributed by atoms with van der Waals surface area (Å²) >= 11 is 0. The van der Waals surface area contributed by atoms with Gasteiger partial charge in [0.05, 0.1) is 0 Å². The Morgan fingerprint density at radius 3 is 2.59 bits per heavy atom. The van der Waals surface area contributed by atoms with Crippen molar-refractivity contribution in [1.29, 1.82) is 0 Å². The third kappa shape index (κ3) is 6.08. The molecule has 0 saturated carbocycles. The van der Waals surface area contributed by atoms with Crippen molar-refractivity contribution in [2.75, 3.05) is 13.1 Å². The zero-order valence-electron chi connectivity index (χ0n) is 16.3. The molecule has 0 aromatic heterocycles. The van der Waals surface area contributed by atoms with Gasteiger partial charge in [0.25, 0.3) is 0 Å². The maximum atomic E-state index is 13.0. The highest BCUT2D eigenvalue weighted by Crippen LogP contribution is 2.17. The van der Waals surface area contributed by atoms with Crippen LogP contribution >= 0.6 is 0 Å². The van der Waals surface area contributed by atoms with Crippen molar-refractivity contribution in [3.05, 3.63) is 35.9 Å². The highest BCUT2D eigenvalue weighted by molar-refractivity contribution is 6.35. The van der Waals surface area contributed by atoms with Gasteiger partial charge in [-0.1, -0.05) is 57.0 Å². The van der Waals surface area contributed by atoms with Gasteiger partial charge in [0.1, 0.15) is 12.1 Å². The molecule has 2 unspecified atom stereocenters. The molecule has 1 N–H and O–H groups in total. The third-order valence-electron chi connectivity index (χ3n) is 4.88. The SMILES string of the molecule is CCCCCC(CC)OC(=O)C(Cc1ccccc1)N1CCNC(=O)C1=O. The van der Waals surface area contributed by atoms with E-state index in [0.29, 0.717) is 19.5 Å². The molecule has 27 heavy (non-hydrogen) atoms. The minimum Gasteiger partial charge on any atom is -0.461 e. The van der Waals surface area contributed by atoms with Gasteiger partial charge in [-0.05, 0) is 24.8 Å². The fourth-order valence-corrected chi connectivity index (χ4v) is 3.26. The Balaban J connectivity index is 2.13. The minimum absolute atomic E-state index is 0.156. The highest BCUT2D eigenvalue weighted by Gasteiger charge is 2.37. The molecule has 1 aliphatic rings. The number of amides is 2. The number of unbranched alkanes of at least 4 members (excludes halogenated alkanes) is 2. The summed E-state index contributed by atoms with van der Waals surface area (Å²) in [5, 5.41) is 2.52. The van der Waals surface area contributed by atoms with Crippen LogP contribution in [0, 0.1) is 0 Å². The average molecular weight is 374 g/mol. The second-order valence-electron chi connectivity index (χ2n) is 6.92. The topological polar surface area (TPSA) is 75.7 Å². The summed E-state index contributed by atoms with van der Waals surface area (Å²) in [6.45, 7) is 4.78. The van der Waals surface area contributed by atoms with Gasteiger partial charge in [-0.25, -0.2) is 4.79 Å². The molecule has 2 atom stereocenters. The number of hydrogen-bond acceptors (Lipinski definition) is 4. The first-order chi connectivity index (χ1) is 13.1. The summed E-state index contributed by atoms with van der Waals surface area (Å²) in [6, 6.07) is 8.72. The summed E-state index contributed by atoms with van der Waals surface area (Å²) in [4.78, 5) is 38.4. The minimum atomic E-state index is -0.786. The number of hydrogen-bond donors (Lipinski definition) is 1. The smallest absolute Gasteiger partial charge is 0.329 e. The number of ether oxygens (including phenoxy) is 1. The number of rotatable bonds is 10. The monoisotopic (exact) mass is 374 g/mol. The molecule has 0 radical (unpaired) electrons. The van der Waals surface area contributed by atoms with E-state index < -0.39 is 23.8 Å². The summed E-state index contributed by atoms with van der Waals surface area (Å²) in [6.07, 6.45) is 4.96. The number of nitrogens with one attached hydrogen (secondary N) is 1. The summed E-state index contributed by atoms with van der Waals surface area (Å²) < 4.78 is 5.75. The number of nitrogens with zero attached hydrogens (tertiary/aromatic N) is 1. The van der Waals surface area contributed by atoms with Gasteiger partial charge >= 0.3 is 17.8 Å². The van der Waals surface area contributed by atoms with Gasteiger partial charge < -0.3 is 15.0 Å². The van der Waals surface area contributed by atoms with Gasteiger partial charge in [-0.3, -0.25) is 9.59 Å². The Hall–Kier alpha value is -2.37. The van der Waals surface area contributed by atoms with E-state index in [-0.39, 0.29) is 6.10 Å². The Kier molecular flexibility index (Phi) is 8.30.